The molecule has 180 valence electrons. The maximum Gasteiger partial charge on any atom is 0.274 e. The lowest BCUT2D eigenvalue weighted by molar-refractivity contribution is -0.105. The predicted molar refractivity (Wildman–Crippen MR) is 140 cm³/mol. The van der Waals surface area contributed by atoms with Crippen LogP contribution in [0.15, 0.2) is 48.7 Å². The molecule has 2 aromatic carbocycles. The Labute approximate surface area is 206 Å². The predicted octanol–water partition coefficient (Wildman–Crippen LogP) is 5.71. The summed E-state index contributed by atoms with van der Waals surface area (Å²) in [6, 6.07) is 14.3. The number of carbonyl (C=O) groups excluding carboxylic acids is 2. The zero-order valence-corrected chi connectivity index (χ0v) is 20.4. The Bertz CT molecular complexity index is 1260. The summed E-state index contributed by atoms with van der Waals surface area (Å²) in [5.74, 6) is 0.349. The zero-order valence-electron chi connectivity index (χ0n) is 20.4. The van der Waals surface area contributed by atoms with Crippen molar-refractivity contribution < 1.29 is 9.59 Å². The van der Waals surface area contributed by atoms with E-state index in [1.54, 1.807) is 0 Å². The first-order valence-corrected chi connectivity index (χ1v) is 12.5. The van der Waals surface area contributed by atoms with Gasteiger partial charge in [0.05, 0.1) is 0 Å². The summed E-state index contributed by atoms with van der Waals surface area (Å²) < 4.78 is 0. The molecule has 2 aliphatic carbocycles. The zero-order chi connectivity index (χ0) is 24.4. The van der Waals surface area contributed by atoms with Gasteiger partial charge in [0.2, 0.25) is 6.41 Å². The van der Waals surface area contributed by atoms with Crippen LogP contribution in [0.2, 0.25) is 0 Å². The van der Waals surface area contributed by atoms with Crippen LogP contribution >= 0.6 is 0 Å². The normalized spacial score (nSPS) is 15.4. The van der Waals surface area contributed by atoms with Crippen molar-refractivity contribution in [1.82, 2.24) is 10.3 Å². The van der Waals surface area contributed by atoms with E-state index < -0.39 is 0 Å². The molecule has 3 aromatic rings. The van der Waals surface area contributed by atoms with Gasteiger partial charge in [-0.1, -0.05) is 30.7 Å². The number of benzene rings is 2. The lowest BCUT2D eigenvalue weighted by Crippen LogP contribution is -2.34. The molecule has 6 heteroatoms. The molecule has 1 heterocycles. The minimum Gasteiger partial charge on any atom is -0.328 e. The number of rotatable bonds is 9. The summed E-state index contributed by atoms with van der Waals surface area (Å²) in [6.45, 7) is 4.81. The number of carbonyl (C=O) groups is 2. The van der Waals surface area contributed by atoms with Gasteiger partial charge in [0, 0.05) is 30.2 Å². The Morgan fingerprint density at radius 3 is 2.31 bits per heavy atom. The third kappa shape index (κ3) is 4.98. The summed E-state index contributed by atoms with van der Waals surface area (Å²) in [6.07, 6.45) is 8.75. The van der Waals surface area contributed by atoms with Crippen molar-refractivity contribution in [3.8, 4) is 11.1 Å². The van der Waals surface area contributed by atoms with E-state index in [1.165, 1.54) is 43.2 Å². The number of nitrogens with zero attached hydrogens (tertiary/aromatic N) is 1. The van der Waals surface area contributed by atoms with Crippen molar-refractivity contribution in [3.05, 3.63) is 76.6 Å². The van der Waals surface area contributed by atoms with Gasteiger partial charge in [0.15, 0.2) is 0 Å². The lowest BCUT2D eigenvalue weighted by atomic mass is 9.92. The van der Waals surface area contributed by atoms with Crippen LogP contribution in [0.25, 0.3) is 11.1 Å². The van der Waals surface area contributed by atoms with Crippen LogP contribution in [0, 0.1) is 13.8 Å². The van der Waals surface area contributed by atoms with Crippen LogP contribution in [0.4, 0.5) is 11.4 Å². The Balaban J connectivity index is 1.37. The molecule has 5 rings (SSSR count). The SMILES string of the molecule is Cc1c(NC=O)cccc1-c1cccc(NC(=O)c2cc(C3CC3)c(CNC3CCC3)cn2)c1C. The first kappa shape index (κ1) is 23.2. The number of aromatic nitrogens is 1. The molecule has 0 radical (unpaired) electrons. The van der Waals surface area contributed by atoms with Crippen LogP contribution in [0.5, 0.6) is 0 Å². The molecule has 0 spiro atoms. The summed E-state index contributed by atoms with van der Waals surface area (Å²) in [5.41, 5.74) is 8.44. The third-order valence-electron chi connectivity index (χ3n) is 7.38. The molecule has 1 aromatic heterocycles. The molecule has 0 atom stereocenters. The van der Waals surface area contributed by atoms with Crippen molar-refractivity contribution in [2.24, 2.45) is 0 Å². The summed E-state index contributed by atoms with van der Waals surface area (Å²) in [7, 11) is 0. The lowest BCUT2D eigenvalue weighted by Gasteiger charge is -2.27. The molecule has 0 bridgehead atoms. The number of anilines is 2. The summed E-state index contributed by atoms with van der Waals surface area (Å²) in [5, 5.41) is 9.47. The minimum atomic E-state index is -0.196. The highest BCUT2D eigenvalue weighted by molar-refractivity contribution is 6.04. The van der Waals surface area contributed by atoms with E-state index in [-0.39, 0.29) is 5.91 Å². The molecule has 6 nitrogen and oxygen atoms in total. The van der Waals surface area contributed by atoms with Gasteiger partial charge in [0.25, 0.3) is 5.91 Å². The van der Waals surface area contributed by atoms with Crippen LogP contribution in [0.3, 0.4) is 0 Å². The van der Waals surface area contributed by atoms with Crippen molar-refractivity contribution in [2.45, 2.75) is 64.5 Å². The molecule has 2 aliphatic rings. The molecule has 2 fully saturated rings. The van der Waals surface area contributed by atoms with Gasteiger partial charge in [-0.15, -0.1) is 0 Å². The van der Waals surface area contributed by atoms with Crippen LogP contribution in [-0.4, -0.2) is 23.3 Å². The van der Waals surface area contributed by atoms with E-state index >= 15 is 0 Å². The van der Waals surface area contributed by atoms with E-state index in [2.05, 4.69) is 20.9 Å². The monoisotopic (exact) mass is 468 g/mol. The molecule has 2 saturated carbocycles. The average molecular weight is 469 g/mol. The van der Waals surface area contributed by atoms with Crippen LogP contribution in [0.1, 0.15) is 70.8 Å². The van der Waals surface area contributed by atoms with Crippen LogP contribution < -0.4 is 16.0 Å². The molecule has 0 unspecified atom stereocenters. The maximum absolute atomic E-state index is 13.2. The maximum atomic E-state index is 13.2. The second kappa shape index (κ2) is 10.0. The van der Waals surface area contributed by atoms with Crippen LogP contribution in [-0.2, 0) is 11.3 Å². The second-order valence-corrected chi connectivity index (χ2v) is 9.72. The fourth-order valence-electron chi connectivity index (χ4n) is 4.81. The number of nitrogens with one attached hydrogen (secondary N) is 3. The molecular weight excluding hydrogens is 436 g/mol. The summed E-state index contributed by atoms with van der Waals surface area (Å²) >= 11 is 0. The van der Waals surface area contributed by atoms with Gasteiger partial charge in [-0.05, 0) is 97.0 Å². The number of amides is 2. The Morgan fingerprint density at radius 2 is 1.69 bits per heavy atom. The first-order chi connectivity index (χ1) is 17.0. The van der Waals surface area contributed by atoms with Crippen molar-refractivity contribution in [3.63, 3.8) is 0 Å². The first-order valence-electron chi connectivity index (χ1n) is 12.5. The molecule has 0 aliphatic heterocycles. The minimum absolute atomic E-state index is 0.196. The Hall–Kier alpha value is -3.51. The highest BCUT2D eigenvalue weighted by Gasteiger charge is 2.28. The average Bonchev–Trinajstić information content (AvgIpc) is 3.67. The van der Waals surface area contributed by atoms with Gasteiger partial charge in [-0.3, -0.25) is 14.6 Å². The topological polar surface area (TPSA) is 83.1 Å². The van der Waals surface area contributed by atoms with Gasteiger partial charge < -0.3 is 16.0 Å². The smallest absolute Gasteiger partial charge is 0.274 e. The number of pyridine rings is 1. The van der Waals surface area contributed by atoms with Crippen molar-refractivity contribution in [1.29, 1.82) is 0 Å². The fourth-order valence-corrected chi connectivity index (χ4v) is 4.81. The molecule has 35 heavy (non-hydrogen) atoms. The Morgan fingerprint density at radius 1 is 1.00 bits per heavy atom. The van der Waals surface area contributed by atoms with E-state index in [0.29, 0.717) is 24.1 Å². The third-order valence-corrected chi connectivity index (χ3v) is 7.38. The highest BCUT2D eigenvalue weighted by Crippen LogP contribution is 2.42. The van der Waals surface area contributed by atoms with E-state index in [1.807, 2.05) is 62.5 Å². The largest absolute Gasteiger partial charge is 0.328 e. The summed E-state index contributed by atoms with van der Waals surface area (Å²) in [4.78, 5) is 28.7. The standard InChI is InChI=1S/C29H32N4O2/c1-18-23(8-4-10-26(18)32-17-34)24-9-5-11-27(19(24)2)33-29(35)28-14-25(20-12-13-20)21(16-31-28)15-30-22-6-3-7-22/h4-5,8-11,14,16-17,20,22,30H,3,6-7,12-13,15H2,1-2H3,(H,32,34)(H,33,35). The van der Waals surface area contributed by atoms with E-state index in [0.717, 1.165) is 40.2 Å². The molecule has 0 saturated heterocycles. The number of hydrogen-bond donors (Lipinski definition) is 3. The molecule has 3 N–H and O–H groups in total. The van der Waals surface area contributed by atoms with Gasteiger partial charge in [-0.25, -0.2) is 0 Å². The van der Waals surface area contributed by atoms with Gasteiger partial charge >= 0.3 is 0 Å². The van der Waals surface area contributed by atoms with Crippen molar-refractivity contribution in [2.75, 3.05) is 10.6 Å². The van der Waals surface area contributed by atoms with Crippen molar-refractivity contribution >= 4 is 23.7 Å². The molecular formula is C29H32N4O2. The quantitative estimate of drug-likeness (QED) is 0.352. The van der Waals surface area contributed by atoms with Gasteiger partial charge in [0.1, 0.15) is 5.69 Å². The molecule has 2 amide bonds. The number of hydrogen-bond acceptors (Lipinski definition) is 4. The van der Waals surface area contributed by atoms with Gasteiger partial charge in [-0.2, -0.15) is 0 Å². The fraction of sp³-hybridized carbons (Fsp3) is 0.345. The second-order valence-electron chi connectivity index (χ2n) is 9.72. The highest BCUT2D eigenvalue weighted by atomic mass is 16.2. The van der Waals surface area contributed by atoms with E-state index in [4.69, 9.17) is 0 Å². The Kier molecular flexibility index (Phi) is 6.64. The van der Waals surface area contributed by atoms with E-state index in [9.17, 15) is 9.59 Å².